The Balaban J connectivity index is 0.000000168. The van der Waals surface area contributed by atoms with Crippen molar-refractivity contribution in [3.8, 4) is 23.0 Å². The van der Waals surface area contributed by atoms with Gasteiger partial charge in [-0.3, -0.25) is 4.79 Å². The quantitative estimate of drug-likeness (QED) is 0.0379. The molecule has 2 fully saturated rings. The number of rotatable bonds is 13. The van der Waals surface area contributed by atoms with Gasteiger partial charge in [0.2, 0.25) is 0 Å². The Bertz CT molecular complexity index is 2700. The van der Waals surface area contributed by atoms with E-state index in [1.54, 1.807) is 97.1 Å². The number of aldehydes is 1. The first kappa shape index (κ1) is 46.5. The Morgan fingerprint density at radius 2 is 1.05 bits per heavy atom. The second-order valence-electron chi connectivity index (χ2n) is 14.5. The fourth-order valence-corrected chi connectivity index (χ4v) is 7.14. The van der Waals surface area contributed by atoms with Gasteiger partial charge in [0.1, 0.15) is 23.1 Å². The first-order chi connectivity index (χ1) is 30.3. The summed E-state index contributed by atoms with van der Waals surface area (Å²) >= 11 is 11.7. The molecule has 0 spiro atoms. The van der Waals surface area contributed by atoms with Crippen LogP contribution in [0.5, 0.6) is 23.0 Å². The van der Waals surface area contributed by atoms with Gasteiger partial charge >= 0.3 is 10.2 Å². The number of halogens is 7. The van der Waals surface area contributed by atoms with E-state index >= 15 is 4.39 Å². The SMILES string of the molecule is FC(C=Cc1ccc(F)c(Oc2ccccc2)c1)=C(c1ccc(Cl)cc1)C1CC1.O=CC(F)=C(c1ccc(Cl)cc1)C1CC1.O=S(=O)(F)Cc1ccc(F)c(Oc2ccccc2)c1. The summed E-state index contributed by atoms with van der Waals surface area (Å²) in [6.07, 6.45) is 7.21. The number of allylic oxidation sites excluding steroid dienone is 5. The molecule has 6 aromatic rings. The zero-order valence-electron chi connectivity index (χ0n) is 33.4. The van der Waals surface area contributed by atoms with Gasteiger partial charge in [0, 0.05) is 15.6 Å². The molecule has 0 amide bonds. The lowest BCUT2D eigenvalue weighted by molar-refractivity contribution is -0.106. The van der Waals surface area contributed by atoms with Crippen LogP contribution in [0.1, 0.15) is 47.9 Å². The molecule has 5 nitrogen and oxygen atoms in total. The molecule has 0 N–H and O–H groups in total. The molecule has 0 heterocycles. The van der Waals surface area contributed by atoms with E-state index in [4.69, 9.17) is 32.7 Å². The smallest absolute Gasteiger partial charge is 0.306 e. The van der Waals surface area contributed by atoms with Crippen LogP contribution in [-0.4, -0.2) is 14.7 Å². The molecule has 2 aliphatic rings. The summed E-state index contributed by atoms with van der Waals surface area (Å²) in [5.74, 6) is -1.54. The van der Waals surface area contributed by atoms with Crippen LogP contribution in [0.2, 0.25) is 10.0 Å². The molecule has 6 aromatic carbocycles. The molecule has 0 aromatic heterocycles. The van der Waals surface area contributed by atoms with Crippen molar-refractivity contribution in [2.75, 3.05) is 0 Å². The maximum Gasteiger partial charge on any atom is 0.306 e. The van der Waals surface area contributed by atoms with Crippen molar-refractivity contribution >= 4 is 56.9 Å². The molecule has 0 radical (unpaired) electrons. The molecule has 8 rings (SSSR count). The second-order valence-corrected chi connectivity index (χ2v) is 16.7. The van der Waals surface area contributed by atoms with E-state index in [2.05, 4.69) is 0 Å². The lowest BCUT2D eigenvalue weighted by atomic mass is 10.00. The van der Waals surface area contributed by atoms with Crippen molar-refractivity contribution in [2.24, 2.45) is 11.8 Å². The van der Waals surface area contributed by atoms with E-state index in [9.17, 15) is 30.3 Å². The van der Waals surface area contributed by atoms with Crippen LogP contribution >= 0.6 is 23.2 Å². The molecule has 0 bridgehead atoms. The van der Waals surface area contributed by atoms with Gasteiger partial charge < -0.3 is 9.47 Å². The molecular formula is C50H39Cl2F5O5S. The lowest BCUT2D eigenvalue weighted by Gasteiger charge is -2.08. The number of carbonyl (C=O) groups excluding carboxylic acids is 1. The molecule has 2 saturated carbocycles. The number of ether oxygens (including phenoxy) is 2. The van der Waals surface area contributed by atoms with Gasteiger partial charge in [-0.25, -0.2) is 17.6 Å². The highest BCUT2D eigenvalue weighted by Crippen LogP contribution is 2.45. The fraction of sp³-hybridized carbons (Fsp3) is 0.140. The van der Waals surface area contributed by atoms with E-state index in [0.717, 1.165) is 42.9 Å². The van der Waals surface area contributed by atoms with E-state index < -0.39 is 33.4 Å². The monoisotopic (exact) mass is 916 g/mol. The van der Waals surface area contributed by atoms with Crippen LogP contribution in [0.15, 0.2) is 163 Å². The largest absolute Gasteiger partial charge is 0.454 e. The highest BCUT2D eigenvalue weighted by atomic mass is 35.5. The summed E-state index contributed by atoms with van der Waals surface area (Å²) in [5.41, 5.74) is 3.59. The Kier molecular flexibility index (Phi) is 16.1. The minimum atomic E-state index is -4.66. The Hall–Kier alpha value is -6.01. The van der Waals surface area contributed by atoms with Crippen LogP contribution in [0.25, 0.3) is 17.2 Å². The Labute approximate surface area is 373 Å². The van der Waals surface area contributed by atoms with E-state index in [-0.39, 0.29) is 41.0 Å². The van der Waals surface area contributed by atoms with Crippen molar-refractivity contribution < 1.29 is 44.1 Å². The average molecular weight is 918 g/mol. The topological polar surface area (TPSA) is 69.7 Å². The predicted octanol–water partition coefficient (Wildman–Crippen LogP) is 15.1. The number of benzene rings is 6. The summed E-state index contributed by atoms with van der Waals surface area (Å²) in [7, 11) is -4.66. The minimum absolute atomic E-state index is 0.0999. The first-order valence-electron chi connectivity index (χ1n) is 19.7. The summed E-state index contributed by atoms with van der Waals surface area (Å²) in [6, 6.07) is 39.4. The van der Waals surface area contributed by atoms with Crippen molar-refractivity contribution in [2.45, 2.75) is 31.4 Å². The first-order valence-corrected chi connectivity index (χ1v) is 22.0. The van der Waals surface area contributed by atoms with Crippen molar-refractivity contribution in [3.63, 3.8) is 0 Å². The average Bonchev–Trinajstić information content (AvgIpc) is 4.22. The number of carbonyl (C=O) groups is 1. The summed E-state index contributed by atoms with van der Waals surface area (Å²) < 4.78 is 101. The summed E-state index contributed by atoms with van der Waals surface area (Å²) in [6.45, 7) is 0. The van der Waals surface area contributed by atoms with Crippen molar-refractivity contribution in [1.29, 1.82) is 0 Å². The lowest BCUT2D eigenvalue weighted by Crippen LogP contribution is -1.97. The van der Waals surface area contributed by atoms with E-state index in [1.165, 1.54) is 24.3 Å². The van der Waals surface area contributed by atoms with E-state index in [1.807, 2.05) is 30.3 Å². The molecule has 2 aliphatic carbocycles. The van der Waals surface area contributed by atoms with Crippen molar-refractivity contribution in [3.05, 3.63) is 207 Å². The van der Waals surface area contributed by atoms with Gasteiger partial charge in [-0.2, -0.15) is 8.42 Å². The van der Waals surface area contributed by atoms with Gasteiger partial charge in [0.25, 0.3) is 0 Å². The zero-order chi connectivity index (χ0) is 44.9. The number of para-hydroxylation sites is 2. The van der Waals surface area contributed by atoms with E-state index in [0.29, 0.717) is 38.3 Å². The molecule has 0 saturated heterocycles. The van der Waals surface area contributed by atoms with Gasteiger partial charge in [-0.1, -0.05) is 102 Å². The molecule has 0 unspecified atom stereocenters. The summed E-state index contributed by atoms with van der Waals surface area (Å²) in [5, 5.41) is 1.23. The zero-order valence-corrected chi connectivity index (χ0v) is 35.7. The molecular weight excluding hydrogens is 879 g/mol. The molecule has 0 atom stereocenters. The van der Waals surface area contributed by atoms with Crippen molar-refractivity contribution in [1.82, 2.24) is 0 Å². The third-order valence-electron chi connectivity index (χ3n) is 9.55. The highest BCUT2D eigenvalue weighted by molar-refractivity contribution is 7.85. The maximum absolute atomic E-state index is 15.0. The Morgan fingerprint density at radius 1 is 0.603 bits per heavy atom. The minimum Gasteiger partial charge on any atom is -0.454 e. The van der Waals surface area contributed by atoms with Crippen LogP contribution in [-0.2, 0) is 20.8 Å². The maximum atomic E-state index is 15.0. The molecule has 63 heavy (non-hydrogen) atoms. The van der Waals surface area contributed by atoms with Crippen LogP contribution in [0, 0.1) is 23.5 Å². The highest BCUT2D eigenvalue weighted by Gasteiger charge is 2.30. The predicted molar refractivity (Wildman–Crippen MR) is 239 cm³/mol. The van der Waals surface area contributed by atoms with Gasteiger partial charge in [0.05, 0.1) is 0 Å². The third kappa shape index (κ3) is 14.5. The van der Waals surface area contributed by atoms with Crippen LogP contribution in [0.3, 0.4) is 0 Å². The van der Waals surface area contributed by atoms with Crippen LogP contribution < -0.4 is 9.47 Å². The van der Waals surface area contributed by atoms with Gasteiger partial charge in [0.15, 0.2) is 35.2 Å². The number of hydrogen-bond acceptors (Lipinski definition) is 5. The number of hydrogen-bond donors (Lipinski definition) is 0. The summed E-state index contributed by atoms with van der Waals surface area (Å²) in [4.78, 5) is 10.5. The standard InChI is InChI=1S/C25H19ClF2O.C13H10F2O3S.C12H10ClFO/c26-20-12-10-19(11-13-20)25(18-8-9-18)23(28)15-7-17-6-14-22(27)24(16-17)29-21-4-2-1-3-5-21;14-12-7-6-10(9-19(15,16)17)8-13(12)18-11-4-2-1-3-5-11;13-10-5-3-9(4-6-10)12(8-1-2-8)11(14)7-15/h1-7,10-16,18H,8-9H2;1-8H,9H2;3-8H,1-2H2. The van der Waals surface area contributed by atoms with Gasteiger partial charge in [-0.15, -0.1) is 3.89 Å². The van der Waals surface area contributed by atoms with Gasteiger partial charge in [-0.05, 0) is 144 Å². The fourth-order valence-electron chi connectivity index (χ4n) is 6.31. The van der Waals surface area contributed by atoms with Crippen LogP contribution in [0.4, 0.5) is 21.4 Å². The molecule has 0 aliphatic heterocycles. The normalized spacial score (nSPS) is 14.3. The second kappa shape index (κ2) is 21.9. The third-order valence-corrected chi connectivity index (χ3v) is 10.7. The molecule has 13 heteroatoms. The molecule has 324 valence electrons. The Morgan fingerprint density at radius 3 is 1.49 bits per heavy atom.